The number of benzene rings is 1. The standard InChI is InChI=1S/C15H16N6O2S/c1-9-5-4-6-10(2)14(9)21-15(17-19-20-21)24-8-13(22)16-12-7-11(3)23-18-12/h4-7H,8H2,1-3H3,(H,16,18,22). The quantitative estimate of drug-likeness (QED) is 0.709. The second-order valence-corrected chi connectivity index (χ2v) is 6.22. The maximum absolute atomic E-state index is 12.0. The second-order valence-electron chi connectivity index (χ2n) is 5.27. The van der Waals surface area contributed by atoms with Crippen LogP contribution in [0, 0.1) is 20.8 Å². The average molecular weight is 344 g/mol. The van der Waals surface area contributed by atoms with Gasteiger partial charge in [0.15, 0.2) is 5.82 Å². The summed E-state index contributed by atoms with van der Waals surface area (Å²) < 4.78 is 6.57. The van der Waals surface area contributed by atoms with Crippen molar-refractivity contribution in [2.75, 3.05) is 11.1 Å². The lowest BCUT2D eigenvalue weighted by Crippen LogP contribution is -2.15. The van der Waals surface area contributed by atoms with E-state index < -0.39 is 0 Å². The number of aromatic nitrogens is 5. The molecular formula is C15H16N6O2S. The summed E-state index contributed by atoms with van der Waals surface area (Å²) in [6.07, 6.45) is 0. The van der Waals surface area contributed by atoms with Crippen LogP contribution >= 0.6 is 11.8 Å². The molecule has 2 heterocycles. The molecule has 0 aliphatic heterocycles. The molecule has 3 aromatic rings. The highest BCUT2D eigenvalue weighted by Crippen LogP contribution is 2.23. The van der Waals surface area contributed by atoms with Gasteiger partial charge in [0.2, 0.25) is 11.1 Å². The fourth-order valence-electron chi connectivity index (χ4n) is 2.28. The molecule has 24 heavy (non-hydrogen) atoms. The zero-order valence-corrected chi connectivity index (χ0v) is 14.3. The van der Waals surface area contributed by atoms with Gasteiger partial charge in [-0.25, -0.2) is 0 Å². The number of carbonyl (C=O) groups excluding carboxylic acids is 1. The maximum Gasteiger partial charge on any atom is 0.236 e. The van der Waals surface area contributed by atoms with Gasteiger partial charge in [0.25, 0.3) is 0 Å². The van der Waals surface area contributed by atoms with Gasteiger partial charge < -0.3 is 9.84 Å². The Kier molecular flexibility index (Phi) is 4.61. The monoisotopic (exact) mass is 344 g/mol. The van der Waals surface area contributed by atoms with E-state index in [-0.39, 0.29) is 11.7 Å². The van der Waals surface area contributed by atoms with Crippen molar-refractivity contribution in [1.29, 1.82) is 0 Å². The number of nitrogens with one attached hydrogen (secondary N) is 1. The molecule has 0 saturated carbocycles. The summed E-state index contributed by atoms with van der Waals surface area (Å²) >= 11 is 1.26. The number of amides is 1. The number of tetrazole rings is 1. The summed E-state index contributed by atoms with van der Waals surface area (Å²) in [5, 5.41) is 18.7. The van der Waals surface area contributed by atoms with Crippen LogP contribution in [0.1, 0.15) is 16.9 Å². The highest BCUT2D eigenvalue weighted by Gasteiger charge is 2.15. The first-order chi connectivity index (χ1) is 11.5. The summed E-state index contributed by atoms with van der Waals surface area (Å²) in [5.41, 5.74) is 3.05. The molecule has 0 fully saturated rings. The van der Waals surface area contributed by atoms with Gasteiger partial charge in [-0.15, -0.1) is 5.10 Å². The van der Waals surface area contributed by atoms with Gasteiger partial charge >= 0.3 is 0 Å². The summed E-state index contributed by atoms with van der Waals surface area (Å²) in [6, 6.07) is 7.64. The number of para-hydroxylation sites is 1. The number of anilines is 1. The Morgan fingerprint density at radius 2 is 2.04 bits per heavy atom. The molecule has 0 saturated heterocycles. The van der Waals surface area contributed by atoms with Crippen LogP contribution in [0.15, 0.2) is 33.9 Å². The van der Waals surface area contributed by atoms with Gasteiger partial charge in [0.05, 0.1) is 11.4 Å². The molecule has 124 valence electrons. The highest BCUT2D eigenvalue weighted by atomic mass is 32.2. The zero-order valence-electron chi connectivity index (χ0n) is 13.5. The molecule has 9 heteroatoms. The van der Waals surface area contributed by atoms with Crippen LogP contribution in [0.25, 0.3) is 5.69 Å². The van der Waals surface area contributed by atoms with Crippen molar-refractivity contribution in [1.82, 2.24) is 25.4 Å². The number of hydrogen-bond acceptors (Lipinski definition) is 7. The summed E-state index contributed by atoms with van der Waals surface area (Å²) in [4.78, 5) is 12.0. The maximum atomic E-state index is 12.0. The third-order valence-electron chi connectivity index (χ3n) is 3.32. The molecule has 0 radical (unpaired) electrons. The van der Waals surface area contributed by atoms with Gasteiger partial charge in [0, 0.05) is 6.07 Å². The predicted molar refractivity (Wildman–Crippen MR) is 89.2 cm³/mol. The first kappa shape index (κ1) is 16.2. The van der Waals surface area contributed by atoms with Gasteiger partial charge in [-0.1, -0.05) is 35.1 Å². The van der Waals surface area contributed by atoms with E-state index in [1.165, 1.54) is 11.8 Å². The topological polar surface area (TPSA) is 98.7 Å². The van der Waals surface area contributed by atoms with Crippen molar-refractivity contribution in [2.45, 2.75) is 25.9 Å². The normalized spacial score (nSPS) is 10.8. The van der Waals surface area contributed by atoms with Crippen molar-refractivity contribution in [2.24, 2.45) is 0 Å². The molecule has 0 spiro atoms. The van der Waals surface area contributed by atoms with E-state index in [0.29, 0.717) is 16.7 Å². The van der Waals surface area contributed by atoms with Crippen molar-refractivity contribution in [3.63, 3.8) is 0 Å². The molecule has 2 aromatic heterocycles. The minimum Gasteiger partial charge on any atom is -0.360 e. The van der Waals surface area contributed by atoms with Crippen LogP contribution < -0.4 is 5.32 Å². The average Bonchev–Trinajstić information content (AvgIpc) is 3.14. The summed E-state index contributed by atoms with van der Waals surface area (Å²) in [6.45, 7) is 5.76. The number of aryl methyl sites for hydroxylation is 3. The number of nitrogens with zero attached hydrogens (tertiary/aromatic N) is 5. The number of hydrogen-bond donors (Lipinski definition) is 1. The molecule has 0 aliphatic rings. The van der Waals surface area contributed by atoms with Crippen LogP contribution in [0.5, 0.6) is 0 Å². The zero-order chi connectivity index (χ0) is 17.1. The molecule has 0 unspecified atom stereocenters. The second kappa shape index (κ2) is 6.83. The SMILES string of the molecule is Cc1cc(NC(=O)CSc2nnnn2-c2c(C)cccc2C)no1. The Labute approximate surface area is 142 Å². The van der Waals surface area contributed by atoms with E-state index in [2.05, 4.69) is 26.0 Å². The molecule has 0 bridgehead atoms. The molecular weight excluding hydrogens is 328 g/mol. The van der Waals surface area contributed by atoms with Crippen LogP contribution in [0.3, 0.4) is 0 Å². The van der Waals surface area contributed by atoms with Gasteiger partial charge in [-0.3, -0.25) is 4.79 Å². The van der Waals surface area contributed by atoms with Crippen LogP contribution in [0.4, 0.5) is 5.82 Å². The fourth-order valence-corrected chi connectivity index (χ4v) is 2.96. The molecule has 1 N–H and O–H groups in total. The minimum atomic E-state index is -0.204. The lowest BCUT2D eigenvalue weighted by molar-refractivity contribution is -0.113. The Balaban J connectivity index is 1.71. The third-order valence-corrected chi connectivity index (χ3v) is 4.24. The lowest BCUT2D eigenvalue weighted by Gasteiger charge is -2.10. The van der Waals surface area contributed by atoms with Crippen LogP contribution in [0.2, 0.25) is 0 Å². The smallest absolute Gasteiger partial charge is 0.236 e. The number of rotatable bonds is 5. The van der Waals surface area contributed by atoms with E-state index >= 15 is 0 Å². The van der Waals surface area contributed by atoms with E-state index in [0.717, 1.165) is 16.8 Å². The van der Waals surface area contributed by atoms with E-state index in [1.807, 2.05) is 32.0 Å². The van der Waals surface area contributed by atoms with Crippen LogP contribution in [-0.4, -0.2) is 37.0 Å². The fraction of sp³-hybridized carbons (Fsp3) is 0.267. The molecule has 1 amide bonds. The van der Waals surface area contributed by atoms with Crippen LogP contribution in [-0.2, 0) is 4.79 Å². The number of thioether (sulfide) groups is 1. The molecule has 8 nitrogen and oxygen atoms in total. The predicted octanol–water partition coefficient (Wildman–Crippen LogP) is 2.31. The van der Waals surface area contributed by atoms with E-state index in [9.17, 15) is 4.79 Å². The van der Waals surface area contributed by atoms with Crippen molar-refractivity contribution in [3.8, 4) is 5.69 Å². The first-order valence-corrected chi connectivity index (χ1v) is 8.24. The molecule has 0 atom stereocenters. The van der Waals surface area contributed by atoms with E-state index in [4.69, 9.17) is 4.52 Å². The Hall–Kier alpha value is -2.68. The molecule has 0 aliphatic carbocycles. The van der Waals surface area contributed by atoms with Crippen molar-refractivity contribution < 1.29 is 9.32 Å². The summed E-state index contributed by atoms with van der Waals surface area (Å²) in [7, 11) is 0. The highest BCUT2D eigenvalue weighted by molar-refractivity contribution is 7.99. The minimum absolute atomic E-state index is 0.164. The third kappa shape index (κ3) is 3.46. The van der Waals surface area contributed by atoms with Gasteiger partial charge in [0.1, 0.15) is 5.76 Å². The molecule has 3 rings (SSSR count). The Morgan fingerprint density at radius 3 is 2.71 bits per heavy atom. The Morgan fingerprint density at radius 1 is 1.29 bits per heavy atom. The van der Waals surface area contributed by atoms with E-state index in [1.54, 1.807) is 17.7 Å². The molecule has 1 aromatic carbocycles. The largest absolute Gasteiger partial charge is 0.360 e. The lowest BCUT2D eigenvalue weighted by atomic mass is 10.1. The Bertz CT molecular complexity index is 852. The van der Waals surface area contributed by atoms with Crippen molar-refractivity contribution in [3.05, 3.63) is 41.2 Å². The van der Waals surface area contributed by atoms with Gasteiger partial charge in [-0.05, 0) is 42.3 Å². The number of carbonyl (C=O) groups is 1. The van der Waals surface area contributed by atoms with Crippen molar-refractivity contribution >= 4 is 23.5 Å². The van der Waals surface area contributed by atoms with Gasteiger partial charge in [-0.2, -0.15) is 4.68 Å². The first-order valence-electron chi connectivity index (χ1n) is 7.25. The summed E-state index contributed by atoms with van der Waals surface area (Å²) in [5.74, 6) is 0.991.